The van der Waals surface area contributed by atoms with Gasteiger partial charge in [-0.2, -0.15) is 4.98 Å². The number of rotatable bonds is 12. The first kappa shape index (κ1) is 50.4. The highest BCUT2D eigenvalue weighted by molar-refractivity contribution is 7.90. The average Bonchev–Trinajstić information content (AvgIpc) is 3.83. The predicted octanol–water partition coefficient (Wildman–Crippen LogP) is 10.4. The maximum Gasteiger partial charge on any atom is 0.293 e. The number of aromatic amines is 1. The highest BCUT2D eigenvalue weighted by Gasteiger charge is 2.51. The molecule has 3 saturated heterocycles. The number of pyridine rings is 1. The molecular weight excluding hydrogens is 957 g/mol. The molecule has 394 valence electrons. The van der Waals surface area contributed by atoms with Gasteiger partial charge in [0, 0.05) is 61.7 Å². The second kappa shape index (κ2) is 19.4. The lowest BCUT2D eigenvalue weighted by molar-refractivity contribution is -0.384. The SMILES string of the molecule is CC(C)c1ccccc1[C@@H]1CC(C)(C)CCN1C1CC2(CCN(c3ccc(C(=O)NS(=O)(=O)c4ccc(NC[C@H]5CC[C@](C)(O)CC5)c([N+](=O)[O-])c4)c(N4c5cc6cc[nH]c6nc5O[C@H]5COCC[C@@H]54)c3)CC2)C1. The molecule has 11 rings (SSSR count). The molecule has 5 aromatic rings. The van der Waals surface area contributed by atoms with Crippen LogP contribution in [0.3, 0.4) is 0 Å². The molecule has 2 aromatic heterocycles. The van der Waals surface area contributed by atoms with Gasteiger partial charge in [0.05, 0.1) is 39.3 Å². The minimum Gasteiger partial charge on any atom is -0.468 e. The quantitative estimate of drug-likeness (QED) is 0.0681. The van der Waals surface area contributed by atoms with Gasteiger partial charge in [0.25, 0.3) is 21.6 Å². The zero-order chi connectivity index (χ0) is 51.7. The van der Waals surface area contributed by atoms with Gasteiger partial charge >= 0.3 is 0 Å². The van der Waals surface area contributed by atoms with Crippen molar-refractivity contribution >= 4 is 55.4 Å². The van der Waals surface area contributed by atoms with Gasteiger partial charge in [0.2, 0.25) is 5.88 Å². The summed E-state index contributed by atoms with van der Waals surface area (Å²) in [5.41, 5.74) is 5.42. The number of aliphatic hydroxyl groups is 1. The van der Waals surface area contributed by atoms with Crippen LogP contribution in [0, 0.1) is 26.9 Å². The fraction of sp³-hybridized carbons (Fsp3) is 0.544. The van der Waals surface area contributed by atoms with Gasteiger partial charge < -0.3 is 34.7 Å². The van der Waals surface area contributed by atoms with E-state index in [1.54, 1.807) is 6.07 Å². The predicted molar refractivity (Wildman–Crippen MR) is 287 cm³/mol. The van der Waals surface area contributed by atoms with Crippen molar-refractivity contribution in [3.8, 4) is 5.88 Å². The van der Waals surface area contributed by atoms with E-state index in [4.69, 9.17) is 14.5 Å². The van der Waals surface area contributed by atoms with E-state index < -0.39 is 43.1 Å². The molecule has 6 aliphatic rings. The summed E-state index contributed by atoms with van der Waals surface area (Å²) in [7, 11) is -4.62. The normalized spacial score (nSPS) is 26.0. The fourth-order valence-corrected chi connectivity index (χ4v) is 14.2. The molecule has 4 N–H and O–H groups in total. The second-order valence-electron chi connectivity index (χ2n) is 23.8. The Morgan fingerprint density at radius 2 is 1.70 bits per heavy atom. The van der Waals surface area contributed by atoms with E-state index in [2.05, 4.69) is 81.7 Å². The molecule has 0 unspecified atom stereocenters. The molecule has 3 atom stereocenters. The highest BCUT2D eigenvalue weighted by Crippen LogP contribution is 2.56. The van der Waals surface area contributed by atoms with Gasteiger partial charge in [-0.1, -0.05) is 52.0 Å². The Labute approximate surface area is 434 Å². The van der Waals surface area contributed by atoms with E-state index in [1.807, 2.05) is 37.4 Å². The van der Waals surface area contributed by atoms with E-state index in [-0.39, 0.29) is 34.0 Å². The number of benzene rings is 3. The summed E-state index contributed by atoms with van der Waals surface area (Å²) >= 11 is 0. The molecular formula is C57H72N8O8S. The Morgan fingerprint density at radius 3 is 2.46 bits per heavy atom. The van der Waals surface area contributed by atoms with Gasteiger partial charge in [0.1, 0.15) is 23.1 Å². The lowest BCUT2D eigenvalue weighted by Crippen LogP contribution is -2.57. The molecule has 5 fully saturated rings. The molecule has 0 bridgehead atoms. The number of amides is 1. The van der Waals surface area contributed by atoms with Crippen LogP contribution in [-0.2, 0) is 14.8 Å². The third-order valence-electron chi connectivity index (χ3n) is 17.7. The number of sulfonamides is 1. The molecule has 0 radical (unpaired) electrons. The van der Waals surface area contributed by atoms with E-state index in [1.165, 1.54) is 42.5 Å². The van der Waals surface area contributed by atoms with Crippen LogP contribution < -0.4 is 24.6 Å². The van der Waals surface area contributed by atoms with Crippen LogP contribution in [0.1, 0.15) is 139 Å². The third-order valence-corrected chi connectivity index (χ3v) is 19.1. The summed E-state index contributed by atoms with van der Waals surface area (Å²) in [4.78, 5) is 41.5. The highest BCUT2D eigenvalue weighted by atomic mass is 32.2. The molecule has 1 spiro atoms. The van der Waals surface area contributed by atoms with Crippen LogP contribution in [-0.4, -0.2) is 102 Å². The van der Waals surface area contributed by atoms with Crippen LogP contribution in [0.2, 0.25) is 0 Å². The molecule has 74 heavy (non-hydrogen) atoms. The Bertz CT molecular complexity index is 3040. The number of ether oxygens (including phenoxy) is 2. The summed E-state index contributed by atoms with van der Waals surface area (Å²) in [5.74, 6) is 0.167. The topological polar surface area (TPSA) is 196 Å². The van der Waals surface area contributed by atoms with Gasteiger partial charge in [-0.25, -0.2) is 13.1 Å². The number of hydrogen-bond acceptors (Lipinski definition) is 13. The second-order valence-corrected chi connectivity index (χ2v) is 25.5. The van der Waals surface area contributed by atoms with Gasteiger partial charge in [0.15, 0.2) is 0 Å². The summed E-state index contributed by atoms with van der Waals surface area (Å²) in [6, 6.07) is 23.0. The van der Waals surface area contributed by atoms with Crippen LogP contribution >= 0.6 is 0 Å². The van der Waals surface area contributed by atoms with Crippen molar-refractivity contribution in [2.45, 2.75) is 146 Å². The number of nitrogens with one attached hydrogen (secondary N) is 3. The number of nitro groups is 1. The first-order chi connectivity index (χ1) is 35.3. The third kappa shape index (κ3) is 9.85. The van der Waals surface area contributed by atoms with E-state index >= 15 is 0 Å². The van der Waals surface area contributed by atoms with Crippen molar-refractivity contribution in [2.75, 3.05) is 54.5 Å². The Balaban J connectivity index is 0.865. The first-order valence-electron chi connectivity index (χ1n) is 26.9. The number of fused-ring (bicyclic) bond motifs is 3. The minimum absolute atomic E-state index is 0.123. The number of nitro benzene ring substituents is 1. The van der Waals surface area contributed by atoms with Crippen molar-refractivity contribution in [1.29, 1.82) is 0 Å². The summed E-state index contributed by atoms with van der Waals surface area (Å²) in [5, 5.41) is 26.8. The standard InChI is InChI=1S/C57H72N8O8S/c1-36(2)42-8-6-7-9-43(42)50-33-55(3,4)20-26-63(50)40-31-57(32-40)21-24-62(25-22-57)39-10-12-44(47(29-39)64-46-17-27-72-35-51(46)73-54-49(64)28-38-16-23-58-52(38)60-54)53(66)61-74(70,71)41-11-13-45(48(30-41)65(68)69)59-34-37-14-18-56(5,67)19-15-37/h6-13,16,23,28-30,36-37,40,46,50-51,59,67H,14-15,17-22,24-27,31-35H2,1-5H3,(H,58,60)(H,61,66)/t37-,46-,50-,51-,56-/m0/s1. The smallest absolute Gasteiger partial charge is 0.293 e. The zero-order valence-electron chi connectivity index (χ0n) is 43.4. The minimum atomic E-state index is -4.62. The number of hydrogen-bond donors (Lipinski definition) is 4. The number of anilines is 4. The average molecular weight is 1030 g/mol. The molecule has 17 heteroatoms. The number of carbonyl (C=O) groups is 1. The summed E-state index contributed by atoms with van der Waals surface area (Å²) < 4.78 is 43.2. The number of likely N-dealkylation sites (tertiary alicyclic amines) is 1. The van der Waals surface area contributed by atoms with Crippen LogP contribution in [0.5, 0.6) is 5.88 Å². The fourth-order valence-electron chi connectivity index (χ4n) is 13.3. The Morgan fingerprint density at radius 1 is 0.932 bits per heavy atom. The lowest BCUT2D eigenvalue weighted by Gasteiger charge is -2.59. The van der Waals surface area contributed by atoms with Crippen molar-refractivity contribution in [3.05, 3.63) is 106 Å². The molecule has 2 aliphatic carbocycles. The van der Waals surface area contributed by atoms with E-state index in [0.29, 0.717) is 79.9 Å². The number of carbonyl (C=O) groups excluding carboxylic acids is 1. The molecule has 3 aromatic carbocycles. The molecule has 2 saturated carbocycles. The van der Waals surface area contributed by atoms with Crippen LogP contribution in [0.4, 0.5) is 28.4 Å². The number of piperidine rings is 2. The number of nitrogens with zero attached hydrogens (tertiary/aromatic N) is 5. The van der Waals surface area contributed by atoms with E-state index in [9.17, 15) is 28.4 Å². The number of H-pyrrole nitrogens is 1. The molecule has 6 heterocycles. The van der Waals surface area contributed by atoms with Crippen molar-refractivity contribution in [3.63, 3.8) is 0 Å². The zero-order valence-corrected chi connectivity index (χ0v) is 44.3. The molecule has 1 amide bonds. The largest absolute Gasteiger partial charge is 0.468 e. The first-order valence-corrected chi connectivity index (χ1v) is 28.4. The van der Waals surface area contributed by atoms with Crippen LogP contribution in [0.25, 0.3) is 11.0 Å². The lowest BCUT2D eigenvalue weighted by atomic mass is 9.59. The maximum atomic E-state index is 14.8. The van der Waals surface area contributed by atoms with Crippen molar-refractivity contribution in [2.24, 2.45) is 16.7 Å². The maximum absolute atomic E-state index is 14.8. The Kier molecular flexibility index (Phi) is 13.2. The van der Waals surface area contributed by atoms with Gasteiger partial charge in [-0.3, -0.25) is 19.8 Å². The van der Waals surface area contributed by atoms with Crippen molar-refractivity contribution in [1.82, 2.24) is 19.6 Å². The van der Waals surface area contributed by atoms with Gasteiger partial charge in [-0.15, -0.1) is 0 Å². The molecule has 4 aliphatic heterocycles. The summed E-state index contributed by atoms with van der Waals surface area (Å²) in [6.07, 6.45) is 11.6. The van der Waals surface area contributed by atoms with Crippen LogP contribution in [0.15, 0.2) is 83.9 Å². The number of aromatic nitrogens is 2. The van der Waals surface area contributed by atoms with Gasteiger partial charge in [-0.05, 0) is 160 Å². The van der Waals surface area contributed by atoms with E-state index in [0.717, 1.165) is 68.9 Å². The molecule has 16 nitrogen and oxygen atoms in total. The Hall–Kier alpha value is -5.75. The van der Waals surface area contributed by atoms with Crippen molar-refractivity contribution < 1.29 is 32.7 Å². The monoisotopic (exact) mass is 1030 g/mol. The summed E-state index contributed by atoms with van der Waals surface area (Å²) in [6.45, 7) is 15.3.